The first-order valence-electron chi connectivity index (χ1n) is 5.60. The van der Waals surface area contributed by atoms with E-state index in [2.05, 4.69) is 49.0 Å². The first-order chi connectivity index (χ1) is 7.83. The van der Waals surface area contributed by atoms with Gasteiger partial charge in [-0.25, -0.2) is 0 Å². The molecule has 2 aromatic rings. The summed E-state index contributed by atoms with van der Waals surface area (Å²) in [7, 11) is 0. The molecule has 0 saturated carbocycles. The maximum Gasteiger partial charge on any atom is 0.0867 e. The maximum absolute atomic E-state index is 5.70. The van der Waals surface area contributed by atoms with Crippen LogP contribution in [0.1, 0.15) is 18.1 Å². The van der Waals surface area contributed by atoms with E-state index < -0.39 is 0 Å². The van der Waals surface area contributed by atoms with Gasteiger partial charge in [-0.2, -0.15) is 0 Å². The lowest BCUT2D eigenvalue weighted by molar-refractivity contribution is 0.115. The van der Waals surface area contributed by atoms with Gasteiger partial charge in [-0.3, -0.25) is 0 Å². The van der Waals surface area contributed by atoms with Crippen LogP contribution in [0.3, 0.4) is 0 Å². The summed E-state index contributed by atoms with van der Waals surface area (Å²) in [5, 5.41) is 2.56. The fourth-order valence-corrected chi connectivity index (χ4v) is 2.22. The highest BCUT2D eigenvalue weighted by Gasteiger charge is 2.20. The number of hydrogen-bond donors (Lipinski definition) is 0. The molecule has 0 aliphatic carbocycles. The molecular formula is C15H14O. The maximum atomic E-state index is 5.70. The Morgan fingerprint density at radius 2 is 1.88 bits per heavy atom. The quantitative estimate of drug-likeness (QED) is 0.649. The monoisotopic (exact) mass is 210 g/mol. The predicted octanol–water partition coefficient (Wildman–Crippen LogP) is 3.86. The molecule has 80 valence electrons. The molecule has 0 N–H and O–H groups in total. The Hall–Kier alpha value is -1.60. The van der Waals surface area contributed by atoms with Crippen molar-refractivity contribution in [3.63, 3.8) is 0 Å². The zero-order valence-corrected chi connectivity index (χ0v) is 9.15. The van der Waals surface area contributed by atoms with Crippen molar-refractivity contribution in [2.75, 3.05) is 6.61 Å². The minimum absolute atomic E-state index is 0.206. The van der Waals surface area contributed by atoms with Crippen LogP contribution in [0.15, 0.2) is 54.6 Å². The minimum Gasteiger partial charge on any atom is -0.369 e. The second-order valence-corrected chi connectivity index (χ2v) is 4.36. The lowest BCUT2D eigenvalue weighted by atomic mass is 10.0. The van der Waals surface area contributed by atoms with Crippen molar-refractivity contribution in [2.45, 2.75) is 12.5 Å². The molecule has 1 aliphatic rings. The summed E-state index contributed by atoms with van der Waals surface area (Å²) in [5.41, 5.74) is 2.45. The number of ether oxygens (including phenoxy) is 1. The van der Waals surface area contributed by atoms with Crippen molar-refractivity contribution in [1.29, 1.82) is 0 Å². The zero-order valence-electron chi connectivity index (χ0n) is 9.15. The summed E-state index contributed by atoms with van der Waals surface area (Å²) >= 11 is 0. The Morgan fingerprint density at radius 3 is 2.62 bits per heavy atom. The Balaban J connectivity index is 2.02. The van der Waals surface area contributed by atoms with Crippen LogP contribution in [0, 0.1) is 0 Å². The number of hydrogen-bond acceptors (Lipinski definition) is 1. The van der Waals surface area contributed by atoms with Gasteiger partial charge in [0.05, 0.1) is 12.7 Å². The molecule has 1 nitrogen and oxygen atoms in total. The topological polar surface area (TPSA) is 9.23 Å². The van der Waals surface area contributed by atoms with Gasteiger partial charge in [0.2, 0.25) is 0 Å². The van der Waals surface area contributed by atoms with Crippen LogP contribution in [0.4, 0.5) is 0 Å². The molecule has 0 spiro atoms. The lowest BCUT2D eigenvalue weighted by Gasteiger charge is -2.10. The molecule has 1 heteroatoms. The lowest BCUT2D eigenvalue weighted by Crippen LogP contribution is -1.94. The van der Waals surface area contributed by atoms with Crippen LogP contribution in [-0.4, -0.2) is 6.61 Å². The smallest absolute Gasteiger partial charge is 0.0867 e. The van der Waals surface area contributed by atoms with Gasteiger partial charge in [-0.1, -0.05) is 43.0 Å². The number of fused-ring (bicyclic) bond motifs is 1. The van der Waals surface area contributed by atoms with Crippen molar-refractivity contribution in [3.05, 3.63) is 60.2 Å². The summed E-state index contributed by atoms with van der Waals surface area (Å²) < 4.78 is 5.70. The van der Waals surface area contributed by atoms with Crippen molar-refractivity contribution in [3.8, 4) is 0 Å². The van der Waals surface area contributed by atoms with Crippen molar-refractivity contribution in [2.24, 2.45) is 0 Å². The van der Waals surface area contributed by atoms with Gasteiger partial charge in [0, 0.05) is 6.42 Å². The first-order valence-corrected chi connectivity index (χ1v) is 5.60. The third kappa shape index (κ3) is 1.63. The number of benzene rings is 2. The van der Waals surface area contributed by atoms with Gasteiger partial charge in [0.25, 0.3) is 0 Å². The van der Waals surface area contributed by atoms with Gasteiger partial charge in [0.1, 0.15) is 0 Å². The summed E-state index contributed by atoms with van der Waals surface area (Å²) in [6.45, 7) is 4.67. The van der Waals surface area contributed by atoms with E-state index in [0.29, 0.717) is 6.61 Å². The molecule has 1 fully saturated rings. The van der Waals surface area contributed by atoms with E-state index in [-0.39, 0.29) is 6.10 Å². The molecule has 1 aliphatic heterocycles. The highest BCUT2D eigenvalue weighted by Crippen LogP contribution is 2.32. The zero-order chi connectivity index (χ0) is 11.0. The van der Waals surface area contributed by atoms with E-state index in [4.69, 9.17) is 4.74 Å². The summed E-state index contributed by atoms with van der Waals surface area (Å²) in [4.78, 5) is 0. The van der Waals surface area contributed by atoms with E-state index in [9.17, 15) is 0 Å². The molecule has 0 bridgehead atoms. The van der Waals surface area contributed by atoms with Crippen LogP contribution in [0.25, 0.3) is 10.8 Å². The molecule has 16 heavy (non-hydrogen) atoms. The Labute approximate surface area is 95.4 Å². The van der Waals surface area contributed by atoms with Crippen LogP contribution >= 0.6 is 0 Å². The summed E-state index contributed by atoms with van der Waals surface area (Å²) in [6.07, 6.45) is 1.16. The summed E-state index contributed by atoms with van der Waals surface area (Å²) in [5.74, 6) is 0. The second kappa shape index (κ2) is 3.76. The van der Waals surface area contributed by atoms with Crippen molar-refractivity contribution in [1.82, 2.24) is 0 Å². The average Bonchev–Trinajstić information content (AvgIpc) is 2.75. The Morgan fingerprint density at radius 1 is 1.06 bits per heavy atom. The fraction of sp³-hybridized carbons (Fsp3) is 0.200. The van der Waals surface area contributed by atoms with Gasteiger partial charge in [-0.15, -0.1) is 0 Å². The highest BCUT2D eigenvalue weighted by atomic mass is 16.5. The van der Waals surface area contributed by atoms with Crippen molar-refractivity contribution < 1.29 is 4.74 Å². The van der Waals surface area contributed by atoms with E-state index in [1.807, 2.05) is 0 Å². The van der Waals surface area contributed by atoms with Crippen LogP contribution in [0.2, 0.25) is 0 Å². The van der Waals surface area contributed by atoms with Crippen molar-refractivity contribution >= 4 is 10.8 Å². The van der Waals surface area contributed by atoms with Gasteiger partial charge < -0.3 is 4.74 Å². The molecule has 1 saturated heterocycles. The average molecular weight is 210 g/mol. The van der Waals surface area contributed by atoms with Gasteiger partial charge in [-0.05, 0) is 28.0 Å². The summed E-state index contributed by atoms with van der Waals surface area (Å²) in [6, 6.07) is 15.0. The van der Waals surface area contributed by atoms with E-state index >= 15 is 0 Å². The van der Waals surface area contributed by atoms with E-state index in [0.717, 1.165) is 6.42 Å². The van der Waals surface area contributed by atoms with Crippen LogP contribution < -0.4 is 0 Å². The third-order valence-electron chi connectivity index (χ3n) is 3.11. The fourth-order valence-electron chi connectivity index (χ4n) is 2.22. The first kappa shape index (κ1) is 9.61. The molecule has 3 rings (SSSR count). The Bertz CT molecular complexity index is 542. The minimum atomic E-state index is 0.206. The Kier molecular flexibility index (Phi) is 2.26. The normalized spacial score (nSPS) is 20.5. The number of rotatable bonds is 1. The van der Waals surface area contributed by atoms with Crippen LogP contribution in [0.5, 0.6) is 0 Å². The molecular weight excluding hydrogens is 196 g/mol. The SMILES string of the molecule is C=C1CO[C@@H](c2ccc3ccccc3c2)C1. The molecule has 0 radical (unpaired) electrons. The molecule has 0 amide bonds. The highest BCUT2D eigenvalue weighted by molar-refractivity contribution is 5.83. The molecule has 1 heterocycles. The standard InChI is InChI=1S/C15H14O/c1-11-8-15(16-10-11)14-7-6-12-4-2-3-5-13(12)9-14/h2-7,9,15H,1,8,10H2/t15-/m1/s1. The molecule has 0 aromatic heterocycles. The van der Waals surface area contributed by atoms with Gasteiger partial charge in [0.15, 0.2) is 0 Å². The largest absolute Gasteiger partial charge is 0.369 e. The molecule has 2 aromatic carbocycles. The van der Waals surface area contributed by atoms with Gasteiger partial charge >= 0.3 is 0 Å². The second-order valence-electron chi connectivity index (χ2n) is 4.36. The molecule has 1 atom stereocenters. The third-order valence-corrected chi connectivity index (χ3v) is 3.11. The predicted molar refractivity (Wildman–Crippen MR) is 66.4 cm³/mol. The molecule has 0 unspecified atom stereocenters. The van der Waals surface area contributed by atoms with E-state index in [1.54, 1.807) is 0 Å². The van der Waals surface area contributed by atoms with Crippen LogP contribution in [-0.2, 0) is 4.74 Å². The van der Waals surface area contributed by atoms with E-state index in [1.165, 1.54) is 21.9 Å².